The summed E-state index contributed by atoms with van der Waals surface area (Å²) in [5.41, 5.74) is -1.20. The fraction of sp³-hybridized carbons (Fsp3) is 0.556. The van der Waals surface area contributed by atoms with Gasteiger partial charge in [-0.25, -0.2) is 9.59 Å². The Balaban J connectivity index is 1.99. The summed E-state index contributed by atoms with van der Waals surface area (Å²) in [7, 11) is 2.93. The van der Waals surface area contributed by atoms with Crippen LogP contribution in [0.1, 0.15) is 26.3 Å². The predicted octanol–water partition coefficient (Wildman–Crippen LogP) is 0.177. The first kappa shape index (κ1) is 20.5. The molecule has 0 radical (unpaired) electrons. The van der Waals surface area contributed by atoms with Crippen molar-refractivity contribution in [3.63, 3.8) is 0 Å². The van der Waals surface area contributed by atoms with Gasteiger partial charge in [0.25, 0.3) is 5.56 Å². The topological polar surface area (TPSA) is 93.8 Å². The molecule has 9 heteroatoms. The van der Waals surface area contributed by atoms with Crippen molar-refractivity contribution in [1.29, 1.82) is 0 Å². The summed E-state index contributed by atoms with van der Waals surface area (Å²) in [6.07, 6.45) is 3.72. The van der Waals surface area contributed by atoms with E-state index in [-0.39, 0.29) is 17.6 Å². The molecule has 0 saturated carbocycles. The lowest BCUT2D eigenvalue weighted by molar-refractivity contribution is -0.127. The third-order valence-electron chi connectivity index (χ3n) is 4.12. The van der Waals surface area contributed by atoms with Crippen molar-refractivity contribution in [1.82, 2.24) is 18.9 Å². The fourth-order valence-corrected chi connectivity index (χ4v) is 2.65. The molecule has 0 N–H and O–H groups in total. The van der Waals surface area contributed by atoms with E-state index in [9.17, 15) is 19.2 Å². The molecule has 2 heterocycles. The van der Waals surface area contributed by atoms with Crippen molar-refractivity contribution in [2.24, 2.45) is 14.1 Å². The van der Waals surface area contributed by atoms with Crippen molar-refractivity contribution in [2.75, 3.05) is 26.2 Å². The lowest BCUT2D eigenvalue weighted by atomic mass is 10.2. The third-order valence-corrected chi connectivity index (χ3v) is 4.12. The Kier molecular flexibility index (Phi) is 5.92. The number of aryl methyl sites for hydroxylation is 1. The number of carbonyl (C=O) groups excluding carboxylic acids is 2. The van der Waals surface area contributed by atoms with Gasteiger partial charge in [0.2, 0.25) is 5.91 Å². The van der Waals surface area contributed by atoms with Crippen LogP contribution in [0.5, 0.6) is 0 Å². The molecule has 9 nitrogen and oxygen atoms in total. The molecule has 0 aliphatic carbocycles. The molecule has 2 amide bonds. The van der Waals surface area contributed by atoms with Crippen LogP contribution in [0, 0.1) is 0 Å². The smallest absolute Gasteiger partial charge is 0.410 e. The first-order valence-corrected chi connectivity index (χ1v) is 8.71. The SMILES string of the molecule is Cn1cc(/C=C\C(=O)N2CCN(C(=O)OC(C)(C)C)CC2)c(=O)n(C)c1=O. The van der Waals surface area contributed by atoms with E-state index < -0.39 is 16.9 Å². The number of ether oxygens (including phenoxy) is 1. The molecule has 0 atom stereocenters. The zero-order chi connectivity index (χ0) is 20.4. The lowest BCUT2D eigenvalue weighted by Crippen LogP contribution is -2.51. The molecule has 1 fully saturated rings. The predicted molar refractivity (Wildman–Crippen MR) is 100 cm³/mol. The number of amides is 2. The minimum absolute atomic E-state index is 0.250. The molecular weight excluding hydrogens is 352 g/mol. The van der Waals surface area contributed by atoms with Crippen LogP contribution >= 0.6 is 0 Å². The molecule has 1 aliphatic heterocycles. The largest absolute Gasteiger partial charge is 0.444 e. The summed E-state index contributed by atoms with van der Waals surface area (Å²) in [5.74, 6) is -0.255. The highest BCUT2D eigenvalue weighted by molar-refractivity contribution is 5.91. The van der Waals surface area contributed by atoms with Gasteiger partial charge in [-0.1, -0.05) is 0 Å². The number of rotatable bonds is 2. The number of nitrogens with zero attached hydrogens (tertiary/aromatic N) is 4. The molecular formula is C18H26N4O5. The molecule has 27 heavy (non-hydrogen) atoms. The molecule has 1 aromatic heterocycles. The minimum Gasteiger partial charge on any atom is -0.444 e. The second-order valence-electron chi connectivity index (χ2n) is 7.47. The van der Waals surface area contributed by atoms with Gasteiger partial charge in [-0.3, -0.25) is 14.2 Å². The molecule has 1 aromatic rings. The highest BCUT2D eigenvalue weighted by Gasteiger charge is 2.26. The van der Waals surface area contributed by atoms with Crippen LogP contribution in [0.25, 0.3) is 6.08 Å². The summed E-state index contributed by atoms with van der Waals surface area (Å²) in [5, 5.41) is 0. The lowest BCUT2D eigenvalue weighted by Gasteiger charge is -2.35. The van der Waals surface area contributed by atoms with E-state index >= 15 is 0 Å². The van der Waals surface area contributed by atoms with Crippen LogP contribution in [-0.2, 0) is 23.6 Å². The normalized spacial score (nSPS) is 15.3. The van der Waals surface area contributed by atoms with E-state index in [4.69, 9.17) is 4.74 Å². The van der Waals surface area contributed by atoms with Crippen LogP contribution in [0.4, 0.5) is 4.79 Å². The quantitative estimate of drug-likeness (QED) is 0.684. The minimum atomic E-state index is -0.561. The van der Waals surface area contributed by atoms with Gasteiger partial charge in [-0.15, -0.1) is 0 Å². The zero-order valence-electron chi connectivity index (χ0n) is 16.4. The Labute approximate surface area is 157 Å². The van der Waals surface area contributed by atoms with E-state index in [0.29, 0.717) is 26.2 Å². The van der Waals surface area contributed by atoms with Gasteiger partial charge in [0.15, 0.2) is 0 Å². The van der Waals surface area contributed by atoms with Crippen LogP contribution < -0.4 is 11.2 Å². The first-order valence-electron chi connectivity index (χ1n) is 8.71. The van der Waals surface area contributed by atoms with Gasteiger partial charge in [-0.05, 0) is 26.8 Å². The van der Waals surface area contributed by atoms with Crippen LogP contribution in [0.15, 0.2) is 21.9 Å². The zero-order valence-corrected chi connectivity index (χ0v) is 16.4. The Morgan fingerprint density at radius 2 is 1.59 bits per heavy atom. The van der Waals surface area contributed by atoms with E-state index in [1.807, 2.05) is 0 Å². The number of carbonyl (C=O) groups is 2. The fourth-order valence-electron chi connectivity index (χ4n) is 2.65. The Morgan fingerprint density at radius 3 is 2.15 bits per heavy atom. The van der Waals surface area contributed by atoms with Gasteiger partial charge in [0.05, 0.1) is 5.56 Å². The summed E-state index contributed by atoms with van der Waals surface area (Å²) in [6.45, 7) is 6.95. The van der Waals surface area contributed by atoms with E-state index in [2.05, 4.69) is 0 Å². The number of hydrogen-bond donors (Lipinski definition) is 0. The Hall–Kier alpha value is -2.84. The highest BCUT2D eigenvalue weighted by atomic mass is 16.6. The van der Waals surface area contributed by atoms with Gasteiger partial charge >= 0.3 is 11.8 Å². The summed E-state index contributed by atoms with van der Waals surface area (Å²) >= 11 is 0. The summed E-state index contributed by atoms with van der Waals surface area (Å²) in [6, 6.07) is 0. The molecule has 0 bridgehead atoms. The van der Waals surface area contributed by atoms with Gasteiger partial charge in [-0.2, -0.15) is 0 Å². The van der Waals surface area contributed by atoms with Crippen LogP contribution in [0.3, 0.4) is 0 Å². The number of piperazine rings is 1. The molecule has 2 rings (SSSR count). The molecule has 0 spiro atoms. The maximum atomic E-state index is 12.4. The van der Waals surface area contributed by atoms with E-state index in [1.165, 1.54) is 37.0 Å². The van der Waals surface area contributed by atoms with Crippen molar-refractivity contribution in [3.8, 4) is 0 Å². The summed E-state index contributed by atoms with van der Waals surface area (Å²) in [4.78, 5) is 51.3. The van der Waals surface area contributed by atoms with Crippen molar-refractivity contribution in [2.45, 2.75) is 26.4 Å². The first-order chi connectivity index (χ1) is 12.5. The highest BCUT2D eigenvalue weighted by Crippen LogP contribution is 2.12. The molecule has 0 aromatic carbocycles. The third kappa shape index (κ3) is 5.08. The average molecular weight is 378 g/mol. The van der Waals surface area contributed by atoms with E-state index in [0.717, 1.165) is 4.57 Å². The van der Waals surface area contributed by atoms with Crippen molar-refractivity contribution >= 4 is 18.1 Å². The Bertz CT molecular complexity index is 867. The molecule has 1 aliphatic rings. The van der Waals surface area contributed by atoms with Crippen molar-refractivity contribution in [3.05, 3.63) is 38.7 Å². The second-order valence-corrected chi connectivity index (χ2v) is 7.47. The van der Waals surface area contributed by atoms with E-state index in [1.54, 1.807) is 30.6 Å². The average Bonchev–Trinajstić information content (AvgIpc) is 2.60. The summed E-state index contributed by atoms with van der Waals surface area (Å²) < 4.78 is 7.60. The van der Waals surface area contributed by atoms with Crippen LogP contribution in [0.2, 0.25) is 0 Å². The maximum Gasteiger partial charge on any atom is 0.410 e. The maximum absolute atomic E-state index is 12.4. The molecule has 1 saturated heterocycles. The number of hydrogen-bond acceptors (Lipinski definition) is 5. The van der Waals surface area contributed by atoms with Crippen molar-refractivity contribution < 1.29 is 14.3 Å². The monoisotopic (exact) mass is 378 g/mol. The second kappa shape index (κ2) is 7.81. The number of aromatic nitrogens is 2. The standard InChI is InChI=1S/C18H26N4O5/c1-18(2,3)27-17(26)22-10-8-21(9-11-22)14(23)7-6-13-12-19(4)16(25)20(5)15(13)24/h6-7,12H,8-11H2,1-5H3/b7-6-. The Morgan fingerprint density at radius 1 is 1.04 bits per heavy atom. The van der Waals surface area contributed by atoms with Crippen LogP contribution in [-0.4, -0.2) is 62.7 Å². The van der Waals surface area contributed by atoms with Gasteiger partial charge in [0.1, 0.15) is 5.60 Å². The van der Waals surface area contributed by atoms with Gasteiger partial charge in [0, 0.05) is 52.5 Å². The molecule has 148 valence electrons. The van der Waals surface area contributed by atoms with Gasteiger partial charge < -0.3 is 19.1 Å². The molecule has 0 unspecified atom stereocenters.